The fourth-order valence-corrected chi connectivity index (χ4v) is 2.93. The van der Waals surface area contributed by atoms with Crippen molar-refractivity contribution in [2.75, 3.05) is 26.2 Å². The van der Waals surface area contributed by atoms with Gasteiger partial charge in [0.1, 0.15) is 5.56 Å². The number of hydrogen-bond donors (Lipinski definition) is 1. The Bertz CT molecular complexity index is 552. The number of piperidine rings is 1. The molecule has 6 heteroatoms. The lowest BCUT2D eigenvalue weighted by Gasteiger charge is -2.32. The molecule has 0 aliphatic carbocycles. The first-order chi connectivity index (χ1) is 10.5. The van der Waals surface area contributed by atoms with Crippen LogP contribution in [0.2, 0.25) is 0 Å². The minimum Gasteiger partial charge on any atom is -0.338 e. The number of aryl methyl sites for hydroxylation is 1. The normalized spacial score (nSPS) is 15.8. The monoisotopic (exact) mass is 305 g/mol. The van der Waals surface area contributed by atoms with Crippen molar-refractivity contribution in [3.63, 3.8) is 0 Å². The standard InChI is InChI=1S/C16H23N3O3/c1-3-17-11-13-7-9-18(10-8-13)16(20)15-12(2)5-4-6-14(15)19(21)22/h4-6,13,17H,3,7-11H2,1-2H3. The van der Waals surface area contributed by atoms with Crippen molar-refractivity contribution >= 4 is 11.6 Å². The van der Waals surface area contributed by atoms with Crippen LogP contribution in [-0.2, 0) is 0 Å². The highest BCUT2D eigenvalue weighted by molar-refractivity contribution is 5.99. The second-order valence-electron chi connectivity index (χ2n) is 5.77. The molecule has 0 spiro atoms. The second-order valence-corrected chi connectivity index (χ2v) is 5.77. The van der Waals surface area contributed by atoms with Crippen LogP contribution in [0, 0.1) is 23.0 Å². The lowest BCUT2D eigenvalue weighted by Crippen LogP contribution is -2.41. The van der Waals surface area contributed by atoms with Crippen LogP contribution in [0.5, 0.6) is 0 Å². The van der Waals surface area contributed by atoms with E-state index in [0.29, 0.717) is 24.6 Å². The summed E-state index contributed by atoms with van der Waals surface area (Å²) >= 11 is 0. The van der Waals surface area contributed by atoms with Crippen molar-refractivity contribution in [3.05, 3.63) is 39.4 Å². The van der Waals surface area contributed by atoms with Gasteiger partial charge in [-0.3, -0.25) is 14.9 Å². The SMILES string of the molecule is CCNCC1CCN(C(=O)c2c(C)cccc2[N+](=O)[O-])CC1. The second kappa shape index (κ2) is 7.35. The molecule has 6 nitrogen and oxygen atoms in total. The fraction of sp³-hybridized carbons (Fsp3) is 0.562. The van der Waals surface area contributed by atoms with Gasteiger partial charge >= 0.3 is 0 Å². The number of carbonyl (C=O) groups is 1. The Hall–Kier alpha value is -1.95. The van der Waals surface area contributed by atoms with Crippen LogP contribution >= 0.6 is 0 Å². The first kappa shape index (κ1) is 16.4. The van der Waals surface area contributed by atoms with E-state index in [1.807, 2.05) is 0 Å². The average Bonchev–Trinajstić information content (AvgIpc) is 2.52. The predicted octanol–water partition coefficient (Wildman–Crippen LogP) is 2.36. The largest absolute Gasteiger partial charge is 0.338 e. The van der Waals surface area contributed by atoms with Gasteiger partial charge in [-0.2, -0.15) is 0 Å². The molecule has 0 saturated carbocycles. The summed E-state index contributed by atoms with van der Waals surface area (Å²) in [5.74, 6) is 0.363. The van der Waals surface area contributed by atoms with Crippen molar-refractivity contribution in [2.45, 2.75) is 26.7 Å². The first-order valence-corrected chi connectivity index (χ1v) is 7.78. The van der Waals surface area contributed by atoms with E-state index in [-0.39, 0.29) is 17.2 Å². The van der Waals surface area contributed by atoms with Gasteiger partial charge in [0.05, 0.1) is 4.92 Å². The van der Waals surface area contributed by atoms with E-state index in [2.05, 4.69) is 12.2 Å². The number of nitrogens with zero attached hydrogens (tertiary/aromatic N) is 2. The number of nitrogens with one attached hydrogen (secondary N) is 1. The zero-order valence-electron chi connectivity index (χ0n) is 13.2. The van der Waals surface area contributed by atoms with Gasteiger partial charge in [0.25, 0.3) is 11.6 Å². The molecule has 22 heavy (non-hydrogen) atoms. The Morgan fingerprint density at radius 3 is 2.68 bits per heavy atom. The van der Waals surface area contributed by atoms with Gasteiger partial charge < -0.3 is 10.2 Å². The van der Waals surface area contributed by atoms with Crippen LogP contribution in [0.4, 0.5) is 5.69 Å². The molecule has 0 unspecified atom stereocenters. The van der Waals surface area contributed by atoms with Crippen LogP contribution in [0.3, 0.4) is 0 Å². The summed E-state index contributed by atoms with van der Waals surface area (Å²) in [6.45, 7) is 7.09. The third kappa shape index (κ3) is 3.62. The van der Waals surface area contributed by atoms with E-state index in [0.717, 1.165) is 25.9 Å². The van der Waals surface area contributed by atoms with Crippen molar-refractivity contribution in [1.29, 1.82) is 0 Å². The molecule has 1 aromatic carbocycles. The van der Waals surface area contributed by atoms with Gasteiger partial charge in [-0.25, -0.2) is 0 Å². The Morgan fingerprint density at radius 1 is 1.41 bits per heavy atom. The Balaban J connectivity index is 2.09. The predicted molar refractivity (Wildman–Crippen MR) is 85.0 cm³/mol. The number of rotatable bonds is 5. The third-order valence-electron chi connectivity index (χ3n) is 4.25. The summed E-state index contributed by atoms with van der Waals surface area (Å²) < 4.78 is 0. The van der Waals surface area contributed by atoms with Crippen LogP contribution in [-0.4, -0.2) is 41.9 Å². The Morgan fingerprint density at radius 2 is 2.09 bits per heavy atom. The van der Waals surface area contributed by atoms with Gasteiger partial charge in [-0.1, -0.05) is 19.1 Å². The number of benzene rings is 1. The number of carbonyl (C=O) groups excluding carboxylic acids is 1. The number of nitro benzene ring substituents is 1. The quantitative estimate of drug-likeness (QED) is 0.669. The molecule has 1 aliphatic rings. The zero-order chi connectivity index (χ0) is 16.1. The molecule has 0 bridgehead atoms. The van der Waals surface area contributed by atoms with E-state index < -0.39 is 4.92 Å². The van der Waals surface area contributed by atoms with Gasteiger partial charge in [-0.15, -0.1) is 0 Å². The molecule has 1 heterocycles. The lowest BCUT2D eigenvalue weighted by molar-refractivity contribution is -0.385. The van der Waals surface area contributed by atoms with E-state index in [1.165, 1.54) is 6.07 Å². The van der Waals surface area contributed by atoms with Gasteiger partial charge in [0.15, 0.2) is 0 Å². The summed E-state index contributed by atoms with van der Waals surface area (Å²) in [6, 6.07) is 4.77. The molecule has 1 amide bonds. The summed E-state index contributed by atoms with van der Waals surface area (Å²) in [6.07, 6.45) is 1.89. The maximum Gasteiger partial charge on any atom is 0.282 e. The summed E-state index contributed by atoms with van der Waals surface area (Å²) in [7, 11) is 0. The van der Waals surface area contributed by atoms with Crippen LogP contribution in [0.25, 0.3) is 0 Å². The number of likely N-dealkylation sites (tertiary alicyclic amines) is 1. The van der Waals surface area contributed by atoms with E-state index in [4.69, 9.17) is 0 Å². The van der Waals surface area contributed by atoms with Gasteiger partial charge in [0, 0.05) is 19.2 Å². The molecule has 0 atom stereocenters. The highest BCUT2D eigenvalue weighted by Crippen LogP contribution is 2.26. The number of hydrogen-bond acceptors (Lipinski definition) is 4. The zero-order valence-corrected chi connectivity index (χ0v) is 13.2. The van der Waals surface area contributed by atoms with Crippen molar-refractivity contribution in [1.82, 2.24) is 10.2 Å². The van der Waals surface area contributed by atoms with E-state index >= 15 is 0 Å². The molecule has 1 aromatic rings. The molecular weight excluding hydrogens is 282 g/mol. The minimum atomic E-state index is -0.474. The highest BCUT2D eigenvalue weighted by Gasteiger charge is 2.29. The fourth-order valence-electron chi connectivity index (χ4n) is 2.93. The maximum atomic E-state index is 12.7. The summed E-state index contributed by atoms with van der Waals surface area (Å²) in [5.41, 5.74) is 0.798. The molecule has 1 fully saturated rings. The molecule has 1 N–H and O–H groups in total. The van der Waals surface area contributed by atoms with Crippen LogP contribution < -0.4 is 5.32 Å². The summed E-state index contributed by atoms with van der Waals surface area (Å²) in [5, 5.41) is 14.5. The topological polar surface area (TPSA) is 75.5 Å². The summed E-state index contributed by atoms with van der Waals surface area (Å²) in [4.78, 5) is 25.1. The van der Waals surface area contributed by atoms with Crippen molar-refractivity contribution in [3.8, 4) is 0 Å². The molecule has 1 aliphatic heterocycles. The van der Waals surface area contributed by atoms with Crippen LogP contribution in [0.1, 0.15) is 35.7 Å². The molecule has 2 rings (SSSR count). The van der Waals surface area contributed by atoms with Crippen LogP contribution in [0.15, 0.2) is 18.2 Å². The number of amides is 1. The molecule has 120 valence electrons. The minimum absolute atomic E-state index is 0.0974. The highest BCUT2D eigenvalue weighted by atomic mass is 16.6. The number of nitro groups is 1. The van der Waals surface area contributed by atoms with E-state index in [1.54, 1.807) is 24.0 Å². The smallest absolute Gasteiger partial charge is 0.282 e. The maximum absolute atomic E-state index is 12.7. The molecule has 0 aromatic heterocycles. The van der Waals surface area contributed by atoms with Crippen molar-refractivity contribution < 1.29 is 9.72 Å². The average molecular weight is 305 g/mol. The van der Waals surface area contributed by atoms with E-state index in [9.17, 15) is 14.9 Å². The molecule has 0 radical (unpaired) electrons. The van der Waals surface area contributed by atoms with Gasteiger partial charge in [0.2, 0.25) is 0 Å². The molecular formula is C16H23N3O3. The Labute approximate surface area is 130 Å². The van der Waals surface area contributed by atoms with Gasteiger partial charge in [-0.05, 0) is 44.3 Å². The Kier molecular flexibility index (Phi) is 5.49. The lowest BCUT2D eigenvalue weighted by atomic mass is 9.95. The third-order valence-corrected chi connectivity index (χ3v) is 4.25. The molecule has 1 saturated heterocycles. The van der Waals surface area contributed by atoms with Crippen molar-refractivity contribution in [2.24, 2.45) is 5.92 Å². The first-order valence-electron chi connectivity index (χ1n) is 7.78.